The fraction of sp³-hybridized carbons (Fsp3) is 0.263. The van der Waals surface area contributed by atoms with Crippen molar-refractivity contribution in [2.75, 3.05) is 25.2 Å². The molecule has 1 aliphatic rings. The van der Waals surface area contributed by atoms with Crippen LogP contribution >= 0.6 is 0 Å². The summed E-state index contributed by atoms with van der Waals surface area (Å²) in [7, 11) is 1.68. The number of aliphatic hydroxyl groups excluding tert-OH is 1. The monoisotopic (exact) mass is 323 g/mol. The van der Waals surface area contributed by atoms with Crippen molar-refractivity contribution < 1.29 is 9.90 Å². The van der Waals surface area contributed by atoms with Crippen LogP contribution in [0.15, 0.2) is 65.8 Å². The molecule has 0 saturated carbocycles. The molecule has 5 heteroatoms. The Balaban J connectivity index is 1.92. The second kappa shape index (κ2) is 7.27. The topological polar surface area (TPSA) is 56.1 Å². The second-order valence-corrected chi connectivity index (χ2v) is 5.81. The number of nitrogens with zero attached hydrogens (tertiary/aromatic N) is 3. The van der Waals surface area contributed by atoms with Gasteiger partial charge in [-0.15, -0.1) is 0 Å². The Labute approximate surface area is 141 Å². The van der Waals surface area contributed by atoms with Gasteiger partial charge in [-0.25, -0.2) is 0 Å². The summed E-state index contributed by atoms with van der Waals surface area (Å²) in [6.07, 6.45) is 0.549. The first-order valence-corrected chi connectivity index (χ1v) is 8.03. The molecule has 2 aromatic rings. The fourth-order valence-electron chi connectivity index (χ4n) is 2.86. The molecule has 1 amide bonds. The van der Waals surface area contributed by atoms with E-state index in [1.807, 2.05) is 53.5 Å². The van der Waals surface area contributed by atoms with E-state index in [-0.39, 0.29) is 18.6 Å². The van der Waals surface area contributed by atoms with E-state index in [1.54, 1.807) is 7.05 Å². The van der Waals surface area contributed by atoms with Gasteiger partial charge in [0, 0.05) is 20.0 Å². The number of hydrazone groups is 1. The van der Waals surface area contributed by atoms with Crippen LogP contribution in [0.1, 0.15) is 18.0 Å². The van der Waals surface area contributed by atoms with E-state index in [0.29, 0.717) is 18.7 Å². The number of carbonyl (C=O) groups excluding carboxylic acids is 1. The molecular formula is C19H21N3O2. The molecule has 2 aromatic carbocycles. The fourth-order valence-corrected chi connectivity index (χ4v) is 2.86. The summed E-state index contributed by atoms with van der Waals surface area (Å²) in [5.41, 5.74) is 2.60. The number of carbonyl (C=O) groups is 1. The molecule has 0 unspecified atom stereocenters. The highest BCUT2D eigenvalue weighted by atomic mass is 16.3. The zero-order valence-electron chi connectivity index (χ0n) is 13.7. The van der Waals surface area contributed by atoms with Crippen LogP contribution in [0.25, 0.3) is 0 Å². The highest BCUT2D eigenvalue weighted by Crippen LogP contribution is 2.35. The number of amides is 1. The predicted octanol–water partition coefficient (Wildman–Crippen LogP) is 2.44. The summed E-state index contributed by atoms with van der Waals surface area (Å²) in [6, 6.07) is 19.9. The van der Waals surface area contributed by atoms with E-state index >= 15 is 0 Å². The van der Waals surface area contributed by atoms with Gasteiger partial charge in [-0.2, -0.15) is 5.10 Å². The number of hydrogen-bond acceptors (Lipinski definition) is 4. The zero-order valence-corrected chi connectivity index (χ0v) is 13.7. The predicted molar refractivity (Wildman–Crippen MR) is 94.9 cm³/mol. The Morgan fingerprint density at radius 1 is 1.17 bits per heavy atom. The van der Waals surface area contributed by atoms with Crippen LogP contribution in [-0.4, -0.2) is 41.8 Å². The smallest absolute Gasteiger partial charge is 0.269 e. The standard InChI is InChI=1S/C19H21N3O2/c1-21(12-13-23)19(24)17-14-18(15-8-4-2-5-9-15)22(20-17)16-10-6-3-7-11-16/h2-11,18,23H,12-14H2,1H3/t18-/m1/s1. The maximum absolute atomic E-state index is 12.5. The molecule has 0 saturated heterocycles. The molecule has 3 rings (SSSR count). The molecule has 124 valence electrons. The molecule has 0 spiro atoms. The van der Waals surface area contributed by atoms with Crippen molar-refractivity contribution in [3.8, 4) is 0 Å². The van der Waals surface area contributed by atoms with Crippen molar-refractivity contribution in [1.29, 1.82) is 0 Å². The van der Waals surface area contributed by atoms with Crippen LogP contribution in [0.3, 0.4) is 0 Å². The minimum Gasteiger partial charge on any atom is -0.395 e. The van der Waals surface area contributed by atoms with Gasteiger partial charge in [0.2, 0.25) is 0 Å². The number of para-hydroxylation sites is 1. The van der Waals surface area contributed by atoms with Crippen LogP contribution in [0.5, 0.6) is 0 Å². The number of anilines is 1. The molecule has 0 fully saturated rings. The van der Waals surface area contributed by atoms with Gasteiger partial charge in [-0.3, -0.25) is 9.80 Å². The number of hydrogen-bond donors (Lipinski definition) is 1. The maximum Gasteiger partial charge on any atom is 0.269 e. The van der Waals surface area contributed by atoms with Crippen molar-refractivity contribution >= 4 is 17.3 Å². The van der Waals surface area contributed by atoms with Crippen molar-refractivity contribution in [1.82, 2.24) is 4.90 Å². The summed E-state index contributed by atoms with van der Waals surface area (Å²) in [6.45, 7) is 0.249. The molecule has 1 heterocycles. The minimum absolute atomic E-state index is 0.00456. The van der Waals surface area contributed by atoms with Crippen LogP contribution in [0.2, 0.25) is 0 Å². The Bertz CT molecular complexity index is 716. The number of benzene rings is 2. The van der Waals surface area contributed by atoms with Crippen molar-refractivity contribution in [2.24, 2.45) is 5.10 Å². The lowest BCUT2D eigenvalue weighted by molar-refractivity contribution is -0.123. The Hall–Kier alpha value is -2.66. The molecule has 1 atom stereocenters. The van der Waals surface area contributed by atoms with Crippen molar-refractivity contribution in [3.05, 3.63) is 66.2 Å². The van der Waals surface area contributed by atoms with Gasteiger partial charge in [0.15, 0.2) is 0 Å². The largest absolute Gasteiger partial charge is 0.395 e. The average molecular weight is 323 g/mol. The zero-order chi connectivity index (χ0) is 16.9. The number of rotatable bonds is 5. The van der Waals surface area contributed by atoms with Gasteiger partial charge < -0.3 is 10.0 Å². The van der Waals surface area contributed by atoms with Crippen LogP contribution in [0, 0.1) is 0 Å². The summed E-state index contributed by atoms with van der Waals surface area (Å²) in [5, 5.41) is 15.6. The summed E-state index contributed by atoms with van der Waals surface area (Å²) < 4.78 is 0. The number of likely N-dealkylation sites (N-methyl/N-ethyl adjacent to an activating group) is 1. The highest BCUT2D eigenvalue weighted by molar-refractivity contribution is 6.39. The van der Waals surface area contributed by atoms with Gasteiger partial charge in [-0.1, -0.05) is 48.5 Å². The lowest BCUT2D eigenvalue weighted by Crippen LogP contribution is -2.34. The lowest BCUT2D eigenvalue weighted by Gasteiger charge is -2.23. The quantitative estimate of drug-likeness (QED) is 0.919. The van der Waals surface area contributed by atoms with Gasteiger partial charge in [0.1, 0.15) is 5.71 Å². The minimum atomic E-state index is -0.136. The summed E-state index contributed by atoms with van der Waals surface area (Å²) in [5.74, 6) is -0.136. The van der Waals surface area contributed by atoms with Crippen LogP contribution in [0.4, 0.5) is 5.69 Å². The average Bonchev–Trinajstić information content (AvgIpc) is 3.08. The molecule has 1 aliphatic heterocycles. The Kier molecular flexibility index (Phi) is 4.91. The molecule has 0 aliphatic carbocycles. The molecule has 0 radical (unpaired) electrons. The van der Waals surface area contributed by atoms with Gasteiger partial charge >= 0.3 is 0 Å². The lowest BCUT2D eigenvalue weighted by atomic mass is 10.0. The first kappa shape index (κ1) is 16.2. The third kappa shape index (κ3) is 3.31. The SMILES string of the molecule is CN(CCO)C(=O)C1=NN(c2ccccc2)[C@@H](c2ccccc2)C1. The van der Waals surface area contributed by atoms with E-state index < -0.39 is 0 Å². The van der Waals surface area contributed by atoms with E-state index in [0.717, 1.165) is 11.3 Å². The molecule has 0 aromatic heterocycles. The van der Waals surface area contributed by atoms with E-state index in [4.69, 9.17) is 5.11 Å². The third-order valence-electron chi connectivity index (χ3n) is 4.14. The highest BCUT2D eigenvalue weighted by Gasteiger charge is 2.33. The summed E-state index contributed by atoms with van der Waals surface area (Å²) >= 11 is 0. The van der Waals surface area contributed by atoms with Gasteiger partial charge in [-0.05, 0) is 17.7 Å². The van der Waals surface area contributed by atoms with Crippen molar-refractivity contribution in [3.63, 3.8) is 0 Å². The first-order chi connectivity index (χ1) is 11.7. The molecule has 5 nitrogen and oxygen atoms in total. The van der Waals surface area contributed by atoms with Crippen LogP contribution < -0.4 is 5.01 Å². The third-order valence-corrected chi connectivity index (χ3v) is 4.14. The number of aliphatic hydroxyl groups is 1. The summed E-state index contributed by atoms with van der Waals surface area (Å²) in [4.78, 5) is 14.1. The second-order valence-electron chi connectivity index (χ2n) is 5.81. The van der Waals surface area contributed by atoms with Crippen LogP contribution in [-0.2, 0) is 4.79 Å². The molecular weight excluding hydrogens is 302 g/mol. The van der Waals surface area contributed by atoms with Gasteiger partial charge in [0.25, 0.3) is 5.91 Å². The maximum atomic E-state index is 12.5. The normalized spacial score (nSPS) is 16.8. The molecule has 1 N–H and O–H groups in total. The Morgan fingerprint density at radius 3 is 2.42 bits per heavy atom. The van der Waals surface area contributed by atoms with E-state index in [2.05, 4.69) is 17.2 Å². The Morgan fingerprint density at radius 2 is 1.79 bits per heavy atom. The first-order valence-electron chi connectivity index (χ1n) is 8.03. The van der Waals surface area contributed by atoms with Gasteiger partial charge in [0.05, 0.1) is 18.3 Å². The van der Waals surface area contributed by atoms with E-state index in [1.165, 1.54) is 4.90 Å². The van der Waals surface area contributed by atoms with E-state index in [9.17, 15) is 4.79 Å². The molecule has 24 heavy (non-hydrogen) atoms. The molecule has 0 bridgehead atoms. The van der Waals surface area contributed by atoms with Crippen molar-refractivity contribution in [2.45, 2.75) is 12.5 Å².